The van der Waals surface area contributed by atoms with E-state index in [0.29, 0.717) is 17.9 Å². The van der Waals surface area contributed by atoms with Gasteiger partial charge in [-0.3, -0.25) is 10.1 Å². The van der Waals surface area contributed by atoms with E-state index >= 15 is 0 Å². The van der Waals surface area contributed by atoms with Crippen LogP contribution < -0.4 is 5.32 Å². The summed E-state index contributed by atoms with van der Waals surface area (Å²) < 4.78 is 0. The Balaban J connectivity index is 2.01. The standard InChI is InChI=1S/C14H19N5O2/c1-10(2)18-7-5-11(6-8-18)16-14-4-3-13(19(20)21)12(9-15)17-14/h3-4,10-11H,5-8H2,1-2H3,(H,16,17). The van der Waals surface area contributed by atoms with Gasteiger partial charge in [-0.25, -0.2) is 4.98 Å². The molecule has 0 spiro atoms. The Hall–Kier alpha value is -2.20. The minimum atomic E-state index is -0.587. The Labute approximate surface area is 123 Å². The van der Waals surface area contributed by atoms with Gasteiger partial charge < -0.3 is 10.2 Å². The van der Waals surface area contributed by atoms with Crippen LogP contribution in [0, 0.1) is 21.4 Å². The number of nitrogens with one attached hydrogen (secondary N) is 1. The highest BCUT2D eigenvalue weighted by Crippen LogP contribution is 2.21. The van der Waals surface area contributed by atoms with Crippen molar-refractivity contribution in [2.75, 3.05) is 18.4 Å². The fourth-order valence-corrected chi connectivity index (χ4v) is 2.53. The molecule has 0 unspecified atom stereocenters. The Morgan fingerprint density at radius 3 is 2.67 bits per heavy atom. The third-order valence-corrected chi connectivity index (χ3v) is 3.79. The fraction of sp³-hybridized carbons (Fsp3) is 0.571. The molecular formula is C14H19N5O2. The Morgan fingerprint density at radius 1 is 1.48 bits per heavy atom. The minimum absolute atomic E-state index is 0.149. The van der Waals surface area contributed by atoms with Crippen LogP contribution in [0.3, 0.4) is 0 Å². The van der Waals surface area contributed by atoms with Crippen LogP contribution in [-0.4, -0.2) is 40.0 Å². The van der Waals surface area contributed by atoms with Crippen molar-refractivity contribution in [1.82, 2.24) is 9.88 Å². The summed E-state index contributed by atoms with van der Waals surface area (Å²) in [6, 6.07) is 5.51. The van der Waals surface area contributed by atoms with E-state index in [4.69, 9.17) is 5.26 Å². The van der Waals surface area contributed by atoms with Crippen molar-refractivity contribution < 1.29 is 4.92 Å². The normalized spacial score (nSPS) is 16.7. The third-order valence-electron chi connectivity index (χ3n) is 3.79. The summed E-state index contributed by atoms with van der Waals surface area (Å²) in [7, 11) is 0. The molecule has 0 atom stereocenters. The quantitative estimate of drug-likeness (QED) is 0.674. The van der Waals surface area contributed by atoms with Gasteiger partial charge in [-0.05, 0) is 32.8 Å². The molecule has 21 heavy (non-hydrogen) atoms. The molecule has 1 fully saturated rings. The summed E-state index contributed by atoms with van der Waals surface area (Å²) in [6.07, 6.45) is 2.00. The molecule has 0 saturated carbocycles. The maximum absolute atomic E-state index is 10.8. The van der Waals surface area contributed by atoms with Gasteiger partial charge in [0, 0.05) is 31.2 Å². The zero-order valence-corrected chi connectivity index (χ0v) is 12.2. The molecule has 1 N–H and O–H groups in total. The number of nitro groups is 1. The molecule has 1 aromatic rings. The predicted octanol–water partition coefficient (Wildman–Crippen LogP) is 2.15. The number of likely N-dealkylation sites (tertiary alicyclic amines) is 1. The highest BCUT2D eigenvalue weighted by atomic mass is 16.6. The Kier molecular flexibility index (Phi) is 4.70. The topological polar surface area (TPSA) is 95.1 Å². The number of pyridine rings is 1. The molecule has 1 aliphatic heterocycles. The molecule has 0 bridgehead atoms. The lowest BCUT2D eigenvalue weighted by Gasteiger charge is -2.35. The maximum atomic E-state index is 10.8. The number of nitrogens with zero attached hydrogens (tertiary/aromatic N) is 4. The molecule has 1 saturated heterocycles. The van der Waals surface area contributed by atoms with Crippen molar-refractivity contribution in [1.29, 1.82) is 5.26 Å². The van der Waals surface area contributed by atoms with Crippen LogP contribution in [0.25, 0.3) is 0 Å². The lowest BCUT2D eigenvalue weighted by molar-refractivity contribution is -0.385. The second-order valence-corrected chi connectivity index (χ2v) is 5.48. The van der Waals surface area contributed by atoms with E-state index in [1.165, 1.54) is 6.07 Å². The Morgan fingerprint density at radius 2 is 2.14 bits per heavy atom. The van der Waals surface area contributed by atoms with Crippen molar-refractivity contribution in [2.24, 2.45) is 0 Å². The summed E-state index contributed by atoms with van der Waals surface area (Å²) in [6.45, 7) is 6.41. The van der Waals surface area contributed by atoms with Crippen LogP contribution in [-0.2, 0) is 0 Å². The molecule has 1 aromatic heterocycles. The van der Waals surface area contributed by atoms with E-state index in [2.05, 4.69) is 29.0 Å². The van der Waals surface area contributed by atoms with Crippen molar-refractivity contribution in [3.05, 3.63) is 27.9 Å². The van der Waals surface area contributed by atoms with Gasteiger partial charge in [0.25, 0.3) is 0 Å². The molecule has 0 aromatic carbocycles. The van der Waals surface area contributed by atoms with E-state index in [9.17, 15) is 10.1 Å². The fourth-order valence-electron chi connectivity index (χ4n) is 2.53. The molecule has 0 radical (unpaired) electrons. The van der Waals surface area contributed by atoms with Crippen molar-refractivity contribution >= 4 is 11.5 Å². The monoisotopic (exact) mass is 289 g/mol. The first kappa shape index (κ1) is 15.2. The van der Waals surface area contributed by atoms with Crippen LogP contribution in [0.1, 0.15) is 32.4 Å². The van der Waals surface area contributed by atoms with Gasteiger partial charge >= 0.3 is 5.69 Å². The molecule has 2 heterocycles. The number of aromatic nitrogens is 1. The minimum Gasteiger partial charge on any atom is -0.367 e. The van der Waals surface area contributed by atoms with E-state index < -0.39 is 4.92 Å². The molecule has 2 rings (SSSR count). The summed E-state index contributed by atoms with van der Waals surface area (Å²) in [5.74, 6) is 0.528. The molecule has 7 nitrogen and oxygen atoms in total. The van der Waals surface area contributed by atoms with Gasteiger partial charge in [-0.15, -0.1) is 0 Å². The van der Waals surface area contributed by atoms with E-state index in [1.54, 1.807) is 12.1 Å². The number of hydrogen-bond donors (Lipinski definition) is 1. The molecule has 1 aliphatic rings. The molecule has 112 valence electrons. The first-order valence-electron chi connectivity index (χ1n) is 7.07. The lowest BCUT2D eigenvalue weighted by atomic mass is 10.0. The van der Waals surface area contributed by atoms with Crippen LogP contribution in [0.2, 0.25) is 0 Å². The second kappa shape index (κ2) is 6.50. The molecule has 0 aliphatic carbocycles. The van der Waals surface area contributed by atoms with Crippen molar-refractivity contribution in [2.45, 2.75) is 38.8 Å². The van der Waals surface area contributed by atoms with Gasteiger partial charge in [-0.1, -0.05) is 0 Å². The Bertz CT molecular complexity index is 559. The maximum Gasteiger partial charge on any atom is 0.305 e. The van der Waals surface area contributed by atoms with Gasteiger partial charge in [0.2, 0.25) is 5.69 Å². The van der Waals surface area contributed by atoms with Gasteiger partial charge in [0.05, 0.1) is 4.92 Å². The number of nitriles is 1. The smallest absolute Gasteiger partial charge is 0.305 e. The summed E-state index contributed by atoms with van der Waals surface area (Å²) in [5, 5.41) is 23.0. The van der Waals surface area contributed by atoms with Crippen LogP contribution >= 0.6 is 0 Å². The van der Waals surface area contributed by atoms with Crippen LogP contribution in [0.15, 0.2) is 12.1 Å². The zero-order valence-electron chi connectivity index (χ0n) is 12.2. The number of rotatable bonds is 4. The van der Waals surface area contributed by atoms with Gasteiger partial charge in [0.1, 0.15) is 11.9 Å². The number of anilines is 1. The first-order chi connectivity index (χ1) is 10.0. The molecule has 7 heteroatoms. The molecular weight excluding hydrogens is 270 g/mol. The summed E-state index contributed by atoms with van der Waals surface area (Å²) >= 11 is 0. The molecule has 0 amide bonds. The van der Waals surface area contributed by atoms with Crippen LogP contribution in [0.4, 0.5) is 11.5 Å². The predicted molar refractivity (Wildman–Crippen MR) is 79.0 cm³/mol. The largest absolute Gasteiger partial charge is 0.367 e. The average Bonchev–Trinajstić information content (AvgIpc) is 2.47. The SMILES string of the molecule is CC(C)N1CCC(Nc2ccc([N+](=O)[O-])c(C#N)n2)CC1. The van der Waals surface area contributed by atoms with E-state index in [0.717, 1.165) is 25.9 Å². The number of piperidine rings is 1. The number of hydrogen-bond acceptors (Lipinski definition) is 6. The van der Waals surface area contributed by atoms with Crippen molar-refractivity contribution in [3.8, 4) is 6.07 Å². The van der Waals surface area contributed by atoms with E-state index in [1.807, 2.05) is 0 Å². The van der Waals surface area contributed by atoms with Gasteiger partial charge in [-0.2, -0.15) is 5.26 Å². The highest BCUT2D eigenvalue weighted by Gasteiger charge is 2.22. The highest BCUT2D eigenvalue weighted by molar-refractivity contribution is 5.50. The zero-order chi connectivity index (χ0) is 15.4. The summed E-state index contributed by atoms with van der Waals surface area (Å²) in [4.78, 5) is 16.6. The first-order valence-corrected chi connectivity index (χ1v) is 7.07. The lowest BCUT2D eigenvalue weighted by Crippen LogP contribution is -2.42. The van der Waals surface area contributed by atoms with Crippen LogP contribution in [0.5, 0.6) is 0 Å². The van der Waals surface area contributed by atoms with Crippen molar-refractivity contribution in [3.63, 3.8) is 0 Å². The summed E-state index contributed by atoms with van der Waals surface area (Å²) in [5.41, 5.74) is -0.401. The average molecular weight is 289 g/mol. The third kappa shape index (κ3) is 3.67. The van der Waals surface area contributed by atoms with Gasteiger partial charge in [0.15, 0.2) is 0 Å². The second-order valence-electron chi connectivity index (χ2n) is 5.48. The van der Waals surface area contributed by atoms with E-state index in [-0.39, 0.29) is 11.4 Å².